The first-order valence-corrected chi connectivity index (χ1v) is 9.46. The molecule has 7 nitrogen and oxygen atoms in total. The van der Waals surface area contributed by atoms with Crippen molar-refractivity contribution in [3.63, 3.8) is 0 Å². The molecule has 0 unspecified atom stereocenters. The van der Waals surface area contributed by atoms with Gasteiger partial charge >= 0.3 is 12.1 Å². The number of carbonyl (C=O) groups excluding carboxylic acids is 1. The van der Waals surface area contributed by atoms with Crippen molar-refractivity contribution in [3.05, 3.63) is 58.6 Å². The lowest BCUT2D eigenvalue weighted by atomic mass is 10.2. The fourth-order valence-corrected chi connectivity index (χ4v) is 3.48. The van der Waals surface area contributed by atoms with E-state index in [1.807, 2.05) is 0 Å². The predicted octanol–water partition coefficient (Wildman–Crippen LogP) is 3.16. The highest BCUT2D eigenvalue weighted by atomic mass is 35.5. The average molecular weight is 473 g/mol. The number of aliphatic carboxylic acids is 1. The standard InChI is InChI=1S/C16H10ClF5N2O5S/c17-10-5-7(1-3-12(10)19)23-14(25)9-6-8(2-4-11(9)18)30(28,29)24-13(15(26)27)16(20,21)22/h1-6,13,24H,(H,23,25)(H,26,27)/t13-/m0/s1. The molecule has 1 atom stereocenters. The topological polar surface area (TPSA) is 113 Å². The highest BCUT2D eigenvalue weighted by Crippen LogP contribution is 2.24. The summed E-state index contributed by atoms with van der Waals surface area (Å²) in [6, 6.07) is 0.917. The van der Waals surface area contributed by atoms with Gasteiger partial charge in [-0.2, -0.15) is 17.9 Å². The van der Waals surface area contributed by atoms with Gasteiger partial charge in [0, 0.05) is 5.69 Å². The average Bonchev–Trinajstić information content (AvgIpc) is 2.62. The minimum absolute atomic E-state index is 0.0832. The second-order valence-electron chi connectivity index (χ2n) is 5.66. The van der Waals surface area contributed by atoms with Crippen molar-refractivity contribution in [3.8, 4) is 0 Å². The number of hydrogen-bond donors (Lipinski definition) is 3. The lowest BCUT2D eigenvalue weighted by Gasteiger charge is -2.18. The summed E-state index contributed by atoms with van der Waals surface area (Å²) in [6.45, 7) is 0. The van der Waals surface area contributed by atoms with E-state index in [-0.39, 0.29) is 10.7 Å². The summed E-state index contributed by atoms with van der Waals surface area (Å²) in [5, 5.41) is 10.3. The number of carboxylic acid groups (broad SMARTS) is 1. The molecule has 0 bridgehead atoms. The first kappa shape index (κ1) is 23.5. The van der Waals surface area contributed by atoms with Crippen molar-refractivity contribution < 1.29 is 45.1 Å². The number of halogens is 6. The summed E-state index contributed by atoms with van der Waals surface area (Å²) in [5.74, 6) is -5.78. The van der Waals surface area contributed by atoms with E-state index in [1.54, 1.807) is 0 Å². The first-order valence-electron chi connectivity index (χ1n) is 7.60. The van der Waals surface area contributed by atoms with Gasteiger partial charge in [-0.25, -0.2) is 17.2 Å². The zero-order valence-electron chi connectivity index (χ0n) is 14.3. The maximum Gasteiger partial charge on any atom is 0.415 e. The van der Waals surface area contributed by atoms with Crippen LogP contribution in [0.15, 0.2) is 41.3 Å². The van der Waals surface area contributed by atoms with Crippen molar-refractivity contribution in [2.45, 2.75) is 17.1 Å². The number of alkyl halides is 3. The minimum Gasteiger partial charge on any atom is -0.480 e. The van der Waals surface area contributed by atoms with E-state index in [4.69, 9.17) is 16.7 Å². The molecule has 2 aromatic rings. The molecule has 0 aliphatic carbocycles. The summed E-state index contributed by atoms with van der Waals surface area (Å²) in [5.41, 5.74) is -0.975. The number of amides is 1. The van der Waals surface area contributed by atoms with Crippen LogP contribution in [-0.2, 0) is 14.8 Å². The molecule has 1 amide bonds. The van der Waals surface area contributed by atoms with Crippen LogP contribution in [0.25, 0.3) is 0 Å². The molecule has 2 aromatic carbocycles. The van der Waals surface area contributed by atoms with Gasteiger partial charge in [0.2, 0.25) is 16.1 Å². The molecule has 3 N–H and O–H groups in total. The van der Waals surface area contributed by atoms with E-state index in [9.17, 15) is 40.0 Å². The molecular weight excluding hydrogens is 463 g/mol. The van der Waals surface area contributed by atoms with Crippen molar-refractivity contribution in [1.82, 2.24) is 4.72 Å². The largest absolute Gasteiger partial charge is 0.480 e. The third-order valence-corrected chi connectivity index (χ3v) is 5.23. The molecule has 0 aliphatic heterocycles. The number of carboxylic acids is 1. The van der Waals surface area contributed by atoms with Crippen LogP contribution in [0.2, 0.25) is 5.02 Å². The number of anilines is 1. The Morgan fingerprint density at radius 1 is 1.03 bits per heavy atom. The van der Waals surface area contributed by atoms with Crippen LogP contribution in [0.5, 0.6) is 0 Å². The van der Waals surface area contributed by atoms with E-state index in [1.165, 1.54) is 0 Å². The monoisotopic (exact) mass is 472 g/mol. The van der Waals surface area contributed by atoms with Gasteiger partial charge in [-0.3, -0.25) is 9.59 Å². The second-order valence-corrected chi connectivity index (χ2v) is 7.78. The molecule has 2 rings (SSSR count). The zero-order chi connectivity index (χ0) is 22.9. The van der Waals surface area contributed by atoms with E-state index < -0.39 is 56.2 Å². The summed E-state index contributed by atoms with van der Waals surface area (Å²) in [7, 11) is -5.11. The molecule has 0 aliphatic rings. The number of rotatable bonds is 6. The van der Waals surface area contributed by atoms with Crippen LogP contribution < -0.4 is 10.0 Å². The van der Waals surface area contributed by atoms with Gasteiger partial charge in [0.05, 0.1) is 15.5 Å². The maximum atomic E-state index is 14.0. The number of carbonyl (C=O) groups is 2. The van der Waals surface area contributed by atoms with Crippen LogP contribution in [0.4, 0.5) is 27.6 Å². The maximum absolute atomic E-state index is 14.0. The molecular formula is C16H10ClF5N2O5S. The molecule has 0 aromatic heterocycles. The third kappa shape index (κ3) is 5.43. The van der Waals surface area contributed by atoms with Crippen molar-refractivity contribution in [2.24, 2.45) is 0 Å². The molecule has 14 heteroatoms. The summed E-state index contributed by atoms with van der Waals surface area (Å²) in [6.07, 6.45) is -5.46. The third-order valence-electron chi connectivity index (χ3n) is 3.52. The Bertz CT molecular complexity index is 1110. The zero-order valence-corrected chi connectivity index (χ0v) is 15.9. The van der Waals surface area contributed by atoms with Crippen LogP contribution in [0, 0.1) is 11.6 Å². The van der Waals surface area contributed by atoms with Crippen LogP contribution in [0.1, 0.15) is 10.4 Å². The van der Waals surface area contributed by atoms with Gasteiger partial charge in [-0.1, -0.05) is 11.6 Å². The van der Waals surface area contributed by atoms with E-state index >= 15 is 0 Å². The molecule has 0 radical (unpaired) electrons. The van der Waals surface area contributed by atoms with Crippen LogP contribution >= 0.6 is 11.6 Å². The Morgan fingerprint density at radius 3 is 2.17 bits per heavy atom. The van der Waals surface area contributed by atoms with Gasteiger partial charge in [0.15, 0.2) is 0 Å². The molecule has 162 valence electrons. The highest BCUT2D eigenvalue weighted by molar-refractivity contribution is 7.89. The molecule has 0 heterocycles. The highest BCUT2D eigenvalue weighted by Gasteiger charge is 2.47. The van der Waals surface area contributed by atoms with Gasteiger partial charge in [-0.15, -0.1) is 0 Å². The quantitative estimate of drug-likeness (QED) is 0.559. The number of sulfonamides is 1. The molecule has 0 spiro atoms. The van der Waals surface area contributed by atoms with Gasteiger partial charge < -0.3 is 10.4 Å². The Labute approximate surface area is 170 Å². The lowest BCUT2D eigenvalue weighted by Crippen LogP contribution is -2.50. The Kier molecular flexibility index (Phi) is 6.69. The fraction of sp³-hybridized carbons (Fsp3) is 0.125. The first-order chi connectivity index (χ1) is 13.7. The molecule has 0 fully saturated rings. The SMILES string of the molecule is O=C(Nc1ccc(F)c(Cl)c1)c1cc(S(=O)(=O)N[C@@H](C(=O)O)C(F)(F)F)ccc1F. The Balaban J connectivity index is 2.36. The van der Waals surface area contributed by atoms with Crippen LogP contribution in [0.3, 0.4) is 0 Å². The molecule has 0 saturated carbocycles. The minimum atomic E-state index is -5.46. The van der Waals surface area contributed by atoms with E-state index in [0.717, 1.165) is 22.9 Å². The van der Waals surface area contributed by atoms with E-state index in [0.29, 0.717) is 18.2 Å². The smallest absolute Gasteiger partial charge is 0.415 e. The Hall–Kier alpha value is -2.77. The van der Waals surface area contributed by atoms with Gasteiger partial charge in [0.25, 0.3) is 5.91 Å². The Morgan fingerprint density at radius 2 is 1.63 bits per heavy atom. The van der Waals surface area contributed by atoms with Crippen LogP contribution in [-0.4, -0.2) is 37.6 Å². The van der Waals surface area contributed by atoms with Crippen molar-refractivity contribution in [2.75, 3.05) is 5.32 Å². The number of hydrogen-bond acceptors (Lipinski definition) is 4. The second kappa shape index (κ2) is 8.53. The lowest BCUT2D eigenvalue weighted by molar-refractivity contribution is -0.177. The summed E-state index contributed by atoms with van der Waals surface area (Å²) >= 11 is 5.54. The van der Waals surface area contributed by atoms with Crippen molar-refractivity contribution >= 4 is 39.2 Å². The van der Waals surface area contributed by atoms with Gasteiger partial charge in [0.1, 0.15) is 11.6 Å². The summed E-state index contributed by atoms with van der Waals surface area (Å²) < 4.78 is 90.5. The molecule has 0 saturated heterocycles. The summed E-state index contributed by atoms with van der Waals surface area (Å²) in [4.78, 5) is 22.0. The van der Waals surface area contributed by atoms with Gasteiger partial charge in [-0.05, 0) is 36.4 Å². The van der Waals surface area contributed by atoms with Crippen molar-refractivity contribution in [1.29, 1.82) is 0 Å². The normalized spacial score (nSPS) is 13.0. The fourth-order valence-electron chi connectivity index (χ4n) is 2.10. The molecule has 30 heavy (non-hydrogen) atoms. The number of benzene rings is 2. The predicted molar refractivity (Wildman–Crippen MR) is 93.6 cm³/mol. The van der Waals surface area contributed by atoms with E-state index in [2.05, 4.69) is 5.32 Å². The number of nitrogens with one attached hydrogen (secondary N) is 2.